The van der Waals surface area contributed by atoms with Gasteiger partial charge in [-0.05, 0) is 11.5 Å². The van der Waals surface area contributed by atoms with Crippen LogP contribution < -0.4 is 0 Å². The van der Waals surface area contributed by atoms with Crippen LogP contribution in [0.5, 0.6) is 0 Å². The highest BCUT2D eigenvalue weighted by Gasteiger charge is 1.92. The monoisotopic (exact) mass is 139 g/mol. The lowest BCUT2D eigenvalue weighted by Crippen LogP contribution is -1.82. The first kappa shape index (κ1) is 6.17. The summed E-state index contributed by atoms with van der Waals surface area (Å²) in [5.74, 6) is 0. The molecule has 1 aromatic rings. The Hall–Kier alpha value is -0.950. The molecule has 1 heterocycles. The van der Waals surface area contributed by atoms with Crippen molar-refractivity contribution in [2.24, 2.45) is 0 Å². The second-order valence-electron chi connectivity index (χ2n) is 1.55. The van der Waals surface area contributed by atoms with Gasteiger partial charge >= 0.3 is 0 Å². The van der Waals surface area contributed by atoms with E-state index in [1.807, 2.05) is 11.4 Å². The third-order valence-electron chi connectivity index (χ3n) is 0.898. The summed E-state index contributed by atoms with van der Waals surface area (Å²) >= 11 is 1.32. The lowest BCUT2D eigenvalue weighted by Gasteiger charge is -1.81. The van der Waals surface area contributed by atoms with Gasteiger partial charge < -0.3 is 0 Å². The van der Waals surface area contributed by atoms with Gasteiger partial charge in [-0.25, -0.2) is 0 Å². The van der Waals surface area contributed by atoms with Crippen LogP contribution in [0.3, 0.4) is 0 Å². The van der Waals surface area contributed by atoms with Crippen molar-refractivity contribution in [3.05, 3.63) is 11.1 Å². The quantitative estimate of drug-likeness (QED) is 0.614. The summed E-state index contributed by atoms with van der Waals surface area (Å²) in [6.45, 7) is 0. The first-order valence-corrected chi connectivity index (χ1v) is 3.40. The molecule has 0 unspecified atom stereocenters. The van der Waals surface area contributed by atoms with Gasteiger partial charge in [0.1, 0.15) is 0 Å². The zero-order chi connectivity index (χ0) is 6.53. The van der Waals surface area contributed by atoms with Gasteiger partial charge in [0, 0.05) is 18.2 Å². The Balaban J connectivity index is 2.41. The maximum absolute atomic E-state index is 8.17. The molecule has 0 aliphatic carbocycles. The van der Waals surface area contributed by atoms with Gasteiger partial charge in [-0.3, -0.25) is 0 Å². The Labute approximate surface area is 57.1 Å². The molecule has 1 aromatic heterocycles. The summed E-state index contributed by atoms with van der Waals surface area (Å²) < 4.78 is 3.66. The molecular formula is C5H5N3S. The number of aromatic nitrogens is 2. The molecule has 46 valence electrons. The molecule has 0 aliphatic heterocycles. The van der Waals surface area contributed by atoms with Crippen molar-refractivity contribution in [2.45, 2.75) is 12.8 Å². The lowest BCUT2D eigenvalue weighted by atomic mass is 10.3. The third kappa shape index (κ3) is 1.78. The van der Waals surface area contributed by atoms with Gasteiger partial charge in [-0.15, -0.1) is 5.10 Å². The zero-order valence-corrected chi connectivity index (χ0v) is 5.56. The van der Waals surface area contributed by atoms with Gasteiger partial charge in [-0.2, -0.15) is 5.26 Å². The number of nitriles is 1. The largest absolute Gasteiger partial charge is 0.198 e. The average molecular weight is 139 g/mol. The van der Waals surface area contributed by atoms with Gasteiger partial charge in [0.15, 0.2) is 0 Å². The van der Waals surface area contributed by atoms with Crippen LogP contribution in [0.15, 0.2) is 5.38 Å². The Kier molecular flexibility index (Phi) is 2.16. The van der Waals surface area contributed by atoms with Crippen LogP contribution >= 0.6 is 11.5 Å². The van der Waals surface area contributed by atoms with Crippen LogP contribution in [0, 0.1) is 11.3 Å². The molecule has 0 aliphatic rings. The molecule has 0 fully saturated rings. The SMILES string of the molecule is N#CCCc1csnn1. The number of hydrogen-bond donors (Lipinski definition) is 0. The van der Waals surface area contributed by atoms with Crippen molar-refractivity contribution < 1.29 is 0 Å². The van der Waals surface area contributed by atoms with Crippen molar-refractivity contribution >= 4 is 11.5 Å². The molecule has 1 rings (SSSR count). The number of rotatable bonds is 2. The third-order valence-corrected chi connectivity index (χ3v) is 1.45. The molecule has 0 saturated heterocycles. The average Bonchev–Trinajstić information content (AvgIpc) is 2.34. The second-order valence-corrected chi connectivity index (χ2v) is 2.16. The molecule has 0 bridgehead atoms. The van der Waals surface area contributed by atoms with E-state index in [4.69, 9.17) is 5.26 Å². The molecule has 0 atom stereocenters. The van der Waals surface area contributed by atoms with Crippen LogP contribution in [-0.4, -0.2) is 9.59 Å². The predicted molar refractivity (Wildman–Crippen MR) is 33.8 cm³/mol. The molecule has 0 aromatic carbocycles. The topological polar surface area (TPSA) is 49.6 Å². The van der Waals surface area contributed by atoms with Crippen molar-refractivity contribution in [2.75, 3.05) is 0 Å². The van der Waals surface area contributed by atoms with E-state index < -0.39 is 0 Å². The maximum atomic E-state index is 8.17. The van der Waals surface area contributed by atoms with E-state index in [2.05, 4.69) is 9.59 Å². The first-order valence-electron chi connectivity index (χ1n) is 2.56. The van der Waals surface area contributed by atoms with Crippen LogP contribution in [0.1, 0.15) is 12.1 Å². The summed E-state index contributed by atoms with van der Waals surface area (Å²) in [5, 5.41) is 13.8. The molecule has 0 spiro atoms. The lowest BCUT2D eigenvalue weighted by molar-refractivity contribution is 0.928. The normalized spacial score (nSPS) is 8.78. The van der Waals surface area contributed by atoms with Gasteiger partial charge in [-0.1, -0.05) is 4.49 Å². The number of hydrogen-bond acceptors (Lipinski definition) is 4. The van der Waals surface area contributed by atoms with E-state index >= 15 is 0 Å². The zero-order valence-electron chi connectivity index (χ0n) is 4.74. The molecule has 4 heteroatoms. The molecular weight excluding hydrogens is 134 g/mol. The van der Waals surface area contributed by atoms with Crippen molar-refractivity contribution in [3.63, 3.8) is 0 Å². The Morgan fingerprint density at radius 1 is 1.78 bits per heavy atom. The predicted octanol–water partition coefficient (Wildman–Crippen LogP) is 0.994. The minimum absolute atomic E-state index is 0.533. The minimum atomic E-state index is 0.533. The summed E-state index contributed by atoms with van der Waals surface area (Å²) in [7, 11) is 0. The summed E-state index contributed by atoms with van der Waals surface area (Å²) in [4.78, 5) is 0. The van der Waals surface area contributed by atoms with E-state index in [-0.39, 0.29) is 0 Å². The standard InChI is InChI=1S/C5H5N3S/c6-3-1-2-5-4-9-8-7-5/h4H,1-2H2. The maximum Gasteiger partial charge on any atom is 0.0765 e. The van der Waals surface area contributed by atoms with Crippen LogP contribution in [0.2, 0.25) is 0 Å². The number of aryl methyl sites for hydroxylation is 1. The van der Waals surface area contributed by atoms with E-state index in [0.717, 1.165) is 12.1 Å². The fourth-order valence-corrected chi connectivity index (χ4v) is 0.963. The van der Waals surface area contributed by atoms with Gasteiger partial charge in [0.2, 0.25) is 0 Å². The van der Waals surface area contributed by atoms with Crippen molar-refractivity contribution in [3.8, 4) is 6.07 Å². The molecule has 3 nitrogen and oxygen atoms in total. The molecule has 9 heavy (non-hydrogen) atoms. The molecule has 0 N–H and O–H groups in total. The van der Waals surface area contributed by atoms with Crippen molar-refractivity contribution in [1.82, 2.24) is 9.59 Å². The van der Waals surface area contributed by atoms with E-state index in [9.17, 15) is 0 Å². The van der Waals surface area contributed by atoms with Crippen molar-refractivity contribution in [1.29, 1.82) is 5.26 Å². The highest BCUT2D eigenvalue weighted by molar-refractivity contribution is 7.03. The molecule has 0 amide bonds. The second kappa shape index (κ2) is 3.15. The van der Waals surface area contributed by atoms with E-state index in [1.165, 1.54) is 11.5 Å². The number of nitrogens with zero attached hydrogens (tertiary/aromatic N) is 3. The van der Waals surface area contributed by atoms with Crippen LogP contribution in [0.4, 0.5) is 0 Å². The summed E-state index contributed by atoms with van der Waals surface area (Å²) in [5.41, 5.74) is 0.918. The van der Waals surface area contributed by atoms with E-state index in [0.29, 0.717) is 6.42 Å². The summed E-state index contributed by atoms with van der Waals surface area (Å²) in [6, 6.07) is 2.04. The van der Waals surface area contributed by atoms with E-state index in [1.54, 1.807) is 0 Å². The summed E-state index contributed by atoms with van der Waals surface area (Å²) in [6.07, 6.45) is 1.26. The Bertz CT molecular complexity index is 198. The Morgan fingerprint density at radius 2 is 2.67 bits per heavy atom. The van der Waals surface area contributed by atoms with Crippen LogP contribution in [-0.2, 0) is 6.42 Å². The Morgan fingerprint density at radius 3 is 3.22 bits per heavy atom. The van der Waals surface area contributed by atoms with Crippen LogP contribution in [0.25, 0.3) is 0 Å². The highest BCUT2D eigenvalue weighted by atomic mass is 32.1. The first-order chi connectivity index (χ1) is 4.43. The molecule has 0 saturated carbocycles. The molecule has 0 radical (unpaired) electrons. The fourth-order valence-electron chi connectivity index (χ4n) is 0.477. The van der Waals surface area contributed by atoms with Gasteiger partial charge in [0.05, 0.1) is 11.8 Å². The minimum Gasteiger partial charge on any atom is -0.198 e. The highest BCUT2D eigenvalue weighted by Crippen LogP contribution is 1.99. The smallest absolute Gasteiger partial charge is 0.0765 e. The fraction of sp³-hybridized carbons (Fsp3) is 0.400. The van der Waals surface area contributed by atoms with Gasteiger partial charge in [0.25, 0.3) is 0 Å².